The zero-order valence-electron chi connectivity index (χ0n) is 12.1. The lowest BCUT2D eigenvalue weighted by Crippen LogP contribution is -2.34. The van der Waals surface area contributed by atoms with Crippen molar-refractivity contribution >= 4 is 17.2 Å². The highest BCUT2D eigenvalue weighted by Gasteiger charge is 2.15. The number of aromatic nitrogens is 1. The fraction of sp³-hybridized carbons (Fsp3) is 0.385. The van der Waals surface area contributed by atoms with Crippen LogP contribution in [0.3, 0.4) is 0 Å². The van der Waals surface area contributed by atoms with Gasteiger partial charge in [-0.3, -0.25) is 5.41 Å². The predicted molar refractivity (Wildman–Crippen MR) is 83.1 cm³/mol. The lowest BCUT2D eigenvalue weighted by molar-refractivity contribution is 0.321. The van der Waals surface area contributed by atoms with Crippen molar-refractivity contribution in [2.45, 2.75) is 26.8 Å². The quantitative estimate of drug-likeness (QED) is 0.298. The first kappa shape index (κ1) is 15.8. The van der Waals surface area contributed by atoms with Gasteiger partial charge in [0.2, 0.25) is 0 Å². The Morgan fingerprint density at radius 2 is 2.20 bits per heavy atom. The van der Waals surface area contributed by atoms with Crippen LogP contribution in [0.4, 0.5) is 11.5 Å². The SMILES string of the molecule is CCNc1nccc(N)c1C(=N)/C(N)=C/N(N)C(C)C. The van der Waals surface area contributed by atoms with Gasteiger partial charge in [0.05, 0.1) is 17.0 Å². The van der Waals surface area contributed by atoms with Gasteiger partial charge in [0, 0.05) is 30.7 Å². The van der Waals surface area contributed by atoms with Crippen molar-refractivity contribution in [3.8, 4) is 0 Å². The molecule has 0 atom stereocenters. The molecule has 0 amide bonds. The number of nitrogens with two attached hydrogens (primary N) is 3. The molecule has 8 N–H and O–H groups in total. The van der Waals surface area contributed by atoms with Gasteiger partial charge in [0.25, 0.3) is 0 Å². The number of allylic oxidation sites excluding steroid dienone is 1. The van der Waals surface area contributed by atoms with Crippen LogP contribution in [0.5, 0.6) is 0 Å². The Balaban J connectivity index is 3.14. The largest absolute Gasteiger partial charge is 0.398 e. The van der Waals surface area contributed by atoms with E-state index in [-0.39, 0.29) is 17.5 Å². The Morgan fingerprint density at radius 3 is 2.75 bits per heavy atom. The first-order valence-corrected chi connectivity index (χ1v) is 6.46. The second kappa shape index (κ2) is 6.76. The standard InChI is InChI=1S/C13H23N7/c1-4-18-13-11(9(14)5-6-19-13)12(16)10(15)7-20(17)8(2)3/h5-8,16H,4,15,17H2,1-3H3,(H3,14,18,19)/b10-7-,16-12?. The van der Waals surface area contributed by atoms with E-state index in [0.717, 1.165) is 0 Å². The van der Waals surface area contributed by atoms with Crippen molar-refractivity contribution < 1.29 is 0 Å². The summed E-state index contributed by atoms with van der Waals surface area (Å²) in [5, 5.41) is 12.7. The molecule has 0 saturated heterocycles. The molecule has 0 bridgehead atoms. The summed E-state index contributed by atoms with van der Waals surface area (Å²) < 4.78 is 0. The molecular weight excluding hydrogens is 254 g/mol. The maximum atomic E-state index is 8.19. The molecular formula is C13H23N7. The number of pyridine rings is 1. The van der Waals surface area contributed by atoms with Gasteiger partial charge in [0.15, 0.2) is 0 Å². The minimum absolute atomic E-state index is 0.0841. The third-order valence-electron chi connectivity index (χ3n) is 2.75. The third-order valence-corrected chi connectivity index (χ3v) is 2.75. The molecule has 0 aliphatic rings. The fourth-order valence-corrected chi connectivity index (χ4v) is 1.56. The first-order chi connectivity index (χ1) is 9.38. The summed E-state index contributed by atoms with van der Waals surface area (Å²) in [7, 11) is 0. The van der Waals surface area contributed by atoms with Crippen LogP contribution >= 0.6 is 0 Å². The van der Waals surface area contributed by atoms with Gasteiger partial charge in [-0.05, 0) is 26.8 Å². The summed E-state index contributed by atoms with van der Waals surface area (Å²) >= 11 is 0. The topological polar surface area (TPSA) is 130 Å². The Labute approximate surface area is 119 Å². The van der Waals surface area contributed by atoms with Crippen LogP contribution in [-0.4, -0.2) is 28.3 Å². The van der Waals surface area contributed by atoms with E-state index in [1.807, 2.05) is 20.8 Å². The van der Waals surface area contributed by atoms with Crippen molar-refractivity contribution in [3.05, 3.63) is 29.7 Å². The highest BCUT2D eigenvalue weighted by molar-refractivity contribution is 6.15. The third kappa shape index (κ3) is 3.61. The molecule has 1 aromatic heterocycles. The zero-order chi connectivity index (χ0) is 15.3. The van der Waals surface area contributed by atoms with Gasteiger partial charge in [-0.2, -0.15) is 0 Å². The minimum atomic E-state index is 0.0841. The van der Waals surface area contributed by atoms with Crippen molar-refractivity contribution in [2.75, 3.05) is 17.6 Å². The Hall–Kier alpha value is -2.28. The van der Waals surface area contributed by atoms with Gasteiger partial charge in [-0.15, -0.1) is 0 Å². The molecule has 0 spiro atoms. The van der Waals surface area contributed by atoms with Crippen LogP contribution in [0.15, 0.2) is 24.2 Å². The van der Waals surface area contributed by atoms with Crippen LogP contribution in [-0.2, 0) is 0 Å². The molecule has 0 aliphatic carbocycles. The predicted octanol–water partition coefficient (Wildman–Crippen LogP) is 0.848. The second-order valence-electron chi connectivity index (χ2n) is 4.65. The molecule has 0 aromatic carbocycles. The van der Waals surface area contributed by atoms with Gasteiger partial charge in [0.1, 0.15) is 5.82 Å². The Morgan fingerprint density at radius 1 is 1.55 bits per heavy atom. The van der Waals surface area contributed by atoms with Gasteiger partial charge < -0.3 is 21.8 Å². The number of nitrogens with zero attached hydrogens (tertiary/aromatic N) is 2. The van der Waals surface area contributed by atoms with E-state index < -0.39 is 0 Å². The number of nitrogens with one attached hydrogen (secondary N) is 2. The molecule has 7 nitrogen and oxygen atoms in total. The summed E-state index contributed by atoms with van der Waals surface area (Å²) in [6.07, 6.45) is 3.11. The summed E-state index contributed by atoms with van der Waals surface area (Å²) in [6, 6.07) is 1.72. The minimum Gasteiger partial charge on any atom is -0.398 e. The number of nitrogen functional groups attached to an aromatic ring is 1. The lowest BCUT2D eigenvalue weighted by atomic mass is 10.1. The van der Waals surface area contributed by atoms with Crippen molar-refractivity contribution in [1.82, 2.24) is 9.99 Å². The fourth-order valence-electron chi connectivity index (χ4n) is 1.56. The van der Waals surface area contributed by atoms with Crippen LogP contribution < -0.4 is 22.6 Å². The van der Waals surface area contributed by atoms with Crippen LogP contribution in [0.2, 0.25) is 0 Å². The summed E-state index contributed by atoms with van der Waals surface area (Å²) in [5.74, 6) is 6.33. The summed E-state index contributed by atoms with van der Waals surface area (Å²) in [5.41, 5.74) is 13.1. The van der Waals surface area contributed by atoms with Gasteiger partial charge in [-0.1, -0.05) is 0 Å². The molecule has 1 aromatic rings. The molecule has 7 heteroatoms. The van der Waals surface area contributed by atoms with E-state index in [1.165, 1.54) is 11.2 Å². The molecule has 0 unspecified atom stereocenters. The molecule has 1 heterocycles. The lowest BCUT2D eigenvalue weighted by Gasteiger charge is -2.20. The molecule has 1 rings (SSSR count). The first-order valence-electron chi connectivity index (χ1n) is 6.46. The average Bonchev–Trinajstić information content (AvgIpc) is 2.38. The second-order valence-corrected chi connectivity index (χ2v) is 4.65. The smallest absolute Gasteiger partial charge is 0.137 e. The zero-order valence-corrected chi connectivity index (χ0v) is 12.1. The normalized spacial score (nSPS) is 11.6. The van der Waals surface area contributed by atoms with Gasteiger partial charge in [-0.25, -0.2) is 10.8 Å². The van der Waals surface area contributed by atoms with E-state index in [0.29, 0.717) is 23.6 Å². The van der Waals surface area contributed by atoms with Crippen LogP contribution in [0.1, 0.15) is 26.3 Å². The van der Waals surface area contributed by atoms with Crippen LogP contribution in [0, 0.1) is 5.41 Å². The van der Waals surface area contributed by atoms with Crippen molar-refractivity contribution in [1.29, 1.82) is 5.41 Å². The summed E-state index contributed by atoms with van der Waals surface area (Å²) in [4.78, 5) is 4.19. The maximum Gasteiger partial charge on any atom is 0.137 e. The molecule has 0 fully saturated rings. The summed E-state index contributed by atoms with van der Waals surface area (Å²) in [6.45, 7) is 6.47. The van der Waals surface area contributed by atoms with E-state index >= 15 is 0 Å². The molecule has 20 heavy (non-hydrogen) atoms. The number of hydrazine groups is 1. The number of hydrogen-bond acceptors (Lipinski definition) is 7. The highest BCUT2D eigenvalue weighted by Crippen LogP contribution is 2.21. The number of anilines is 2. The molecule has 110 valence electrons. The van der Waals surface area contributed by atoms with E-state index in [1.54, 1.807) is 12.3 Å². The Bertz CT molecular complexity index is 507. The van der Waals surface area contributed by atoms with E-state index in [2.05, 4.69) is 10.3 Å². The molecule has 0 saturated carbocycles. The number of rotatable bonds is 6. The maximum absolute atomic E-state index is 8.19. The van der Waals surface area contributed by atoms with E-state index in [4.69, 9.17) is 22.7 Å². The Kier molecular flexibility index (Phi) is 5.33. The number of hydrogen-bond donors (Lipinski definition) is 5. The molecule has 0 aliphatic heterocycles. The molecule has 0 radical (unpaired) electrons. The van der Waals surface area contributed by atoms with Crippen molar-refractivity contribution in [3.63, 3.8) is 0 Å². The van der Waals surface area contributed by atoms with E-state index in [9.17, 15) is 0 Å². The van der Waals surface area contributed by atoms with Crippen molar-refractivity contribution in [2.24, 2.45) is 11.6 Å². The highest BCUT2D eigenvalue weighted by atomic mass is 15.4. The average molecular weight is 277 g/mol. The van der Waals surface area contributed by atoms with Crippen LogP contribution in [0.25, 0.3) is 0 Å². The monoisotopic (exact) mass is 277 g/mol. The van der Waals surface area contributed by atoms with Gasteiger partial charge >= 0.3 is 0 Å².